The predicted octanol–water partition coefficient (Wildman–Crippen LogP) is 2.67. The zero-order chi connectivity index (χ0) is 22.5. The van der Waals surface area contributed by atoms with E-state index < -0.39 is 0 Å². The van der Waals surface area contributed by atoms with Crippen LogP contribution in [0.15, 0.2) is 53.2 Å². The summed E-state index contributed by atoms with van der Waals surface area (Å²) in [4.78, 5) is 34.7. The molecule has 0 spiro atoms. The lowest BCUT2D eigenvalue weighted by molar-refractivity contribution is -0.123. The summed E-state index contributed by atoms with van der Waals surface area (Å²) >= 11 is 0. The van der Waals surface area contributed by atoms with Gasteiger partial charge in [-0.2, -0.15) is 0 Å². The molecule has 2 aromatic heterocycles. The van der Waals surface area contributed by atoms with Gasteiger partial charge in [-0.25, -0.2) is 4.98 Å². The van der Waals surface area contributed by atoms with E-state index in [4.69, 9.17) is 10.2 Å². The van der Waals surface area contributed by atoms with Crippen molar-refractivity contribution in [2.24, 2.45) is 11.7 Å². The van der Waals surface area contributed by atoms with E-state index >= 15 is 0 Å². The molecule has 8 nitrogen and oxygen atoms in total. The second-order valence-corrected chi connectivity index (χ2v) is 8.10. The van der Waals surface area contributed by atoms with E-state index in [0.29, 0.717) is 24.5 Å². The van der Waals surface area contributed by atoms with Gasteiger partial charge in [0.05, 0.1) is 5.69 Å². The molecule has 2 amide bonds. The second kappa shape index (κ2) is 9.74. The van der Waals surface area contributed by atoms with Gasteiger partial charge in [0.2, 0.25) is 11.8 Å². The number of oxazole rings is 1. The highest BCUT2D eigenvalue weighted by Gasteiger charge is 2.24. The number of carbonyl (C=O) groups is 2. The number of amides is 2. The molecule has 4 rings (SSSR count). The summed E-state index contributed by atoms with van der Waals surface area (Å²) < 4.78 is 5.89. The van der Waals surface area contributed by atoms with Crippen molar-refractivity contribution in [2.75, 3.05) is 13.1 Å². The van der Waals surface area contributed by atoms with Gasteiger partial charge in [0.15, 0.2) is 0 Å². The number of aromatic nitrogens is 2. The normalized spacial score (nSPS) is 14.9. The van der Waals surface area contributed by atoms with E-state index in [1.807, 2.05) is 31.2 Å². The van der Waals surface area contributed by atoms with Crippen LogP contribution >= 0.6 is 0 Å². The van der Waals surface area contributed by atoms with Crippen molar-refractivity contribution in [1.82, 2.24) is 20.2 Å². The van der Waals surface area contributed by atoms with Gasteiger partial charge in [-0.15, -0.1) is 0 Å². The molecular weight excluding hydrogens is 406 g/mol. The quantitative estimate of drug-likeness (QED) is 0.592. The molecule has 8 heteroatoms. The number of pyridine rings is 1. The van der Waals surface area contributed by atoms with Crippen molar-refractivity contribution in [3.63, 3.8) is 0 Å². The monoisotopic (exact) mass is 433 g/mol. The molecule has 1 aromatic carbocycles. The smallest absolute Gasteiger partial charge is 0.251 e. The summed E-state index contributed by atoms with van der Waals surface area (Å²) in [7, 11) is 0. The van der Waals surface area contributed by atoms with Crippen molar-refractivity contribution in [1.29, 1.82) is 0 Å². The van der Waals surface area contributed by atoms with Crippen LogP contribution in [0, 0.1) is 12.8 Å². The van der Waals surface area contributed by atoms with E-state index in [2.05, 4.69) is 20.2 Å². The summed E-state index contributed by atoms with van der Waals surface area (Å²) in [5, 5.41) is 2.89. The summed E-state index contributed by atoms with van der Waals surface area (Å²) in [6, 6.07) is 11.0. The zero-order valence-corrected chi connectivity index (χ0v) is 18.1. The number of hydrogen-bond acceptors (Lipinski definition) is 6. The number of piperidine rings is 1. The lowest BCUT2D eigenvalue weighted by Gasteiger charge is -2.29. The van der Waals surface area contributed by atoms with E-state index in [1.54, 1.807) is 24.5 Å². The zero-order valence-electron chi connectivity index (χ0n) is 18.1. The van der Waals surface area contributed by atoms with Crippen molar-refractivity contribution < 1.29 is 14.0 Å². The number of aryl methyl sites for hydroxylation is 1. The third kappa shape index (κ3) is 5.20. The maximum Gasteiger partial charge on any atom is 0.251 e. The van der Waals surface area contributed by atoms with Crippen LogP contribution in [0.5, 0.6) is 0 Å². The van der Waals surface area contributed by atoms with Crippen molar-refractivity contribution in [3.05, 3.63) is 71.4 Å². The highest BCUT2D eigenvalue weighted by Crippen LogP contribution is 2.25. The minimum absolute atomic E-state index is 0.0275. The molecule has 0 bridgehead atoms. The molecule has 1 saturated heterocycles. The third-order valence-corrected chi connectivity index (χ3v) is 5.83. The Bertz CT molecular complexity index is 1070. The van der Waals surface area contributed by atoms with Crippen molar-refractivity contribution in [3.8, 4) is 11.5 Å². The van der Waals surface area contributed by atoms with Gasteiger partial charge in [-0.3, -0.25) is 19.5 Å². The summed E-state index contributed by atoms with van der Waals surface area (Å²) in [5.74, 6) is 0.922. The number of benzene rings is 1. The lowest BCUT2D eigenvalue weighted by Crippen LogP contribution is -2.38. The van der Waals surface area contributed by atoms with Crippen LogP contribution in [0.2, 0.25) is 0 Å². The molecular formula is C24H27N5O3. The molecule has 0 aliphatic carbocycles. The standard InChI is InChI=1S/C24H27N5O3/c1-16-21(15-29-11-8-18(9-12-29)22(25)30)28-24(32-16)20-6-4-19(5-7-20)23(31)27-14-17-3-2-10-26-13-17/h2-7,10,13,18H,8-9,11-12,14-15H2,1H3,(H2,25,30)(H,27,31). The molecule has 0 unspecified atom stereocenters. The highest BCUT2D eigenvalue weighted by molar-refractivity contribution is 5.94. The topological polar surface area (TPSA) is 114 Å². The Balaban J connectivity index is 1.36. The largest absolute Gasteiger partial charge is 0.441 e. The Labute approximate surface area is 186 Å². The minimum atomic E-state index is -0.209. The summed E-state index contributed by atoms with van der Waals surface area (Å²) in [6.07, 6.45) is 4.99. The SMILES string of the molecule is Cc1oc(-c2ccc(C(=O)NCc3cccnc3)cc2)nc1CN1CCC(C(N)=O)CC1. The maximum absolute atomic E-state index is 12.4. The molecule has 0 atom stereocenters. The van der Waals surface area contributed by atoms with Crippen LogP contribution in [-0.2, 0) is 17.9 Å². The first-order chi connectivity index (χ1) is 15.5. The van der Waals surface area contributed by atoms with Crippen LogP contribution < -0.4 is 11.1 Å². The molecule has 1 fully saturated rings. The Kier molecular flexibility index (Phi) is 6.61. The van der Waals surface area contributed by atoms with Gasteiger partial charge in [0.1, 0.15) is 5.76 Å². The fourth-order valence-corrected chi connectivity index (χ4v) is 3.84. The molecule has 1 aliphatic heterocycles. The number of primary amides is 1. The predicted molar refractivity (Wildman–Crippen MR) is 119 cm³/mol. The third-order valence-electron chi connectivity index (χ3n) is 5.83. The Morgan fingerprint density at radius 1 is 1.19 bits per heavy atom. The number of nitrogens with two attached hydrogens (primary N) is 1. The highest BCUT2D eigenvalue weighted by atomic mass is 16.4. The van der Waals surface area contributed by atoms with E-state index in [1.165, 1.54) is 0 Å². The molecule has 0 radical (unpaired) electrons. The van der Waals surface area contributed by atoms with Crippen LogP contribution in [-0.4, -0.2) is 39.8 Å². The lowest BCUT2D eigenvalue weighted by atomic mass is 9.96. The molecule has 1 aliphatic rings. The summed E-state index contributed by atoms with van der Waals surface area (Å²) in [5.41, 5.74) is 8.63. The number of carbonyl (C=O) groups excluding carboxylic acids is 2. The summed E-state index contributed by atoms with van der Waals surface area (Å²) in [6.45, 7) is 4.64. The van der Waals surface area contributed by atoms with Crippen LogP contribution in [0.3, 0.4) is 0 Å². The Morgan fingerprint density at radius 2 is 1.94 bits per heavy atom. The number of rotatable bonds is 7. The number of likely N-dealkylation sites (tertiary alicyclic amines) is 1. The second-order valence-electron chi connectivity index (χ2n) is 8.10. The fraction of sp³-hybridized carbons (Fsp3) is 0.333. The fourth-order valence-electron chi connectivity index (χ4n) is 3.84. The minimum Gasteiger partial charge on any atom is -0.441 e. The van der Waals surface area contributed by atoms with Crippen LogP contribution in [0.25, 0.3) is 11.5 Å². The van der Waals surface area contributed by atoms with Crippen LogP contribution in [0.1, 0.15) is 40.2 Å². The number of hydrogen-bond donors (Lipinski definition) is 2. The first kappa shape index (κ1) is 21.7. The van der Waals surface area contributed by atoms with Gasteiger partial charge in [0.25, 0.3) is 5.91 Å². The number of nitrogens with one attached hydrogen (secondary N) is 1. The number of nitrogens with zero attached hydrogens (tertiary/aromatic N) is 3. The van der Waals surface area contributed by atoms with Crippen molar-refractivity contribution >= 4 is 11.8 Å². The maximum atomic E-state index is 12.4. The van der Waals surface area contributed by atoms with Crippen molar-refractivity contribution in [2.45, 2.75) is 32.9 Å². The van der Waals surface area contributed by atoms with Gasteiger partial charge in [-0.1, -0.05) is 6.07 Å². The van der Waals surface area contributed by atoms with E-state index in [9.17, 15) is 9.59 Å². The Morgan fingerprint density at radius 3 is 2.59 bits per heavy atom. The molecule has 3 heterocycles. The molecule has 32 heavy (non-hydrogen) atoms. The van der Waals surface area contributed by atoms with Gasteiger partial charge < -0.3 is 15.5 Å². The van der Waals surface area contributed by atoms with Crippen LogP contribution in [0.4, 0.5) is 0 Å². The van der Waals surface area contributed by atoms with Gasteiger partial charge >= 0.3 is 0 Å². The first-order valence-corrected chi connectivity index (χ1v) is 10.7. The first-order valence-electron chi connectivity index (χ1n) is 10.7. The van der Waals surface area contributed by atoms with Gasteiger partial charge in [-0.05, 0) is 68.8 Å². The molecule has 3 N–H and O–H groups in total. The average molecular weight is 434 g/mol. The van der Waals surface area contributed by atoms with E-state index in [-0.39, 0.29) is 17.7 Å². The van der Waals surface area contributed by atoms with Gasteiger partial charge in [0, 0.05) is 42.5 Å². The molecule has 0 saturated carbocycles. The average Bonchev–Trinajstić information content (AvgIpc) is 3.18. The molecule has 3 aromatic rings. The van der Waals surface area contributed by atoms with E-state index in [0.717, 1.165) is 48.5 Å². The molecule has 166 valence electrons. The Hall–Kier alpha value is -3.52.